The van der Waals surface area contributed by atoms with Crippen LogP contribution in [0, 0.1) is 5.92 Å². The molecule has 2 N–H and O–H groups in total. The highest BCUT2D eigenvalue weighted by Gasteiger charge is 2.32. The van der Waals surface area contributed by atoms with E-state index in [2.05, 4.69) is 11.3 Å². The van der Waals surface area contributed by atoms with Gasteiger partial charge in [0.2, 0.25) is 10.0 Å². The lowest BCUT2D eigenvalue weighted by atomic mass is 9.95. The second kappa shape index (κ2) is 5.98. The number of hydrogen-bond donors (Lipinski definition) is 2. The Bertz CT molecular complexity index is 354. The Hall–Kier alpha value is -0.390. The van der Waals surface area contributed by atoms with Crippen LogP contribution < -0.4 is 4.72 Å². The van der Waals surface area contributed by atoms with Crippen LogP contribution in [-0.2, 0) is 10.0 Å². The third-order valence-corrected chi connectivity index (χ3v) is 5.19. The maximum atomic E-state index is 12.0. The Kier molecular flexibility index (Phi) is 5.84. The molecule has 5 heteroatoms. The third-order valence-electron chi connectivity index (χ3n) is 2.98. The van der Waals surface area contributed by atoms with Gasteiger partial charge in [0.1, 0.15) is 0 Å². The average Bonchev–Trinajstić information content (AvgIpc) is 2.22. The van der Waals surface area contributed by atoms with E-state index in [0.29, 0.717) is 0 Å². The molecular weight excluding hydrogens is 238 g/mol. The van der Waals surface area contributed by atoms with Gasteiger partial charge in [-0.2, -0.15) is 0 Å². The summed E-state index contributed by atoms with van der Waals surface area (Å²) in [5.41, 5.74) is 0.725. The molecule has 0 radical (unpaired) electrons. The van der Waals surface area contributed by atoms with Crippen molar-refractivity contribution in [2.75, 3.05) is 6.61 Å². The Morgan fingerprint density at radius 1 is 1.41 bits per heavy atom. The minimum absolute atomic E-state index is 0.176. The lowest BCUT2D eigenvalue weighted by molar-refractivity contribution is 0.264. The van der Waals surface area contributed by atoms with Crippen molar-refractivity contribution in [2.45, 2.75) is 51.8 Å². The molecule has 0 fully saturated rings. The summed E-state index contributed by atoms with van der Waals surface area (Å²) < 4.78 is 25.6. The molecule has 0 rings (SSSR count). The van der Waals surface area contributed by atoms with E-state index >= 15 is 0 Å². The molecule has 4 nitrogen and oxygen atoms in total. The van der Waals surface area contributed by atoms with Gasteiger partial charge in [0.25, 0.3) is 0 Å². The van der Waals surface area contributed by atoms with Crippen molar-refractivity contribution in [2.24, 2.45) is 5.92 Å². The molecule has 0 aliphatic rings. The van der Waals surface area contributed by atoms with E-state index in [1.807, 2.05) is 13.8 Å². The number of sulfonamides is 1. The van der Waals surface area contributed by atoms with Crippen LogP contribution in [0.15, 0.2) is 12.2 Å². The second-order valence-corrected chi connectivity index (χ2v) is 7.82. The first-order valence-corrected chi connectivity index (χ1v) is 7.36. The van der Waals surface area contributed by atoms with Gasteiger partial charge < -0.3 is 5.11 Å². The van der Waals surface area contributed by atoms with E-state index < -0.39 is 20.8 Å². The molecule has 0 amide bonds. The van der Waals surface area contributed by atoms with Crippen LogP contribution in [0.3, 0.4) is 0 Å². The molecule has 0 aromatic carbocycles. The third kappa shape index (κ3) is 4.41. The van der Waals surface area contributed by atoms with Crippen LogP contribution in [0.2, 0.25) is 0 Å². The van der Waals surface area contributed by atoms with Crippen molar-refractivity contribution in [3.63, 3.8) is 0 Å². The van der Waals surface area contributed by atoms with Crippen LogP contribution in [0.5, 0.6) is 0 Å². The van der Waals surface area contributed by atoms with E-state index in [1.54, 1.807) is 20.8 Å². The summed E-state index contributed by atoms with van der Waals surface area (Å²) >= 11 is 0. The highest BCUT2D eigenvalue weighted by Crippen LogP contribution is 2.19. The van der Waals surface area contributed by atoms with Crippen LogP contribution in [0.1, 0.15) is 41.0 Å². The second-order valence-electron chi connectivity index (χ2n) is 5.35. The molecule has 17 heavy (non-hydrogen) atoms. The summed E-state index contributed by atoms with van der Waals surface area (Å²) in [5, 5.41) is 9.28. The maximum absolute atomic E-state index is 12.0. The lowest BCUT2D eigenvalue weighted by Gasteiger charge is -2.27. The van der Waals surface area contributed by atoms with Crippen molar-refractivity contribution in [1.29, 1.82) is 0 Å². The minimum Gasteiger partial charge on any atom is -0.394 e. The fraction of sp³-hybridized carbons (Fsp3) is 0.833. The molecular formula is C12H25NO3S. The van der Waals surface area contributed by atoms with Gasteiger partial charge in [0.15, 0.2) is 0 Å². The van der Waals surface area contributed by atoms with Gasteiger partial charge in [-0.25, -0.2) is 13.1 Å². The van der Waals surface area contributed by atoms with E-state index in [0.717, 1.165) is 12.0 Å². The highest BCUT2D eigenvalue weighted by molar-refractivity contribution is 7.90. The summed E-state index contributed by atoms with van der Waals surface area (Å²) in [5.74, 6) is 0.176. The highest BCUT2D eigenvalue weighted by atomic mass is 32.2. The summed E-state index contributed by atoms with van der Waals surface area (Å²) in [6.45, 7) is 12.4. The van der Waals surface area contributed by atoms with Crippen LogP contribution in [0.25, 0.3) is 0 Å². The molecule has 0 heterocycles. The van der Waals surface area contributed by atoms with Crippen molar-refractivity contribution < 1.29 is 13.5 Å². The maximum Gasteiger partial charge on any atom is 0.217 e. The Balaban J connectivity index is 4.91. The number of aliphatic hydroxyl groups excluding tert-OH is 1. The number of aliphatic hydroxyl groups is 1. The van der Waals surface area contributed by atoms with E-state index in [9.17, 15) is 13.5 Å². The van der Waals surface area contributed by atoms with E-state index in [4.69, 9.17) is 0 Å². The molecule has 2 atom stereocenters. The molecule has 0 aliphatic heterocycles. The van der Waals surface area contributed by atoms with Crippen molar-refractivity contribution in [1.82, 2.24) is 4.72 Å². The Morgan fingerprint density at radius 2 is 1.88 bits per heavy atom. The van der Waals surface area contributed by atoms with Crippen molar-refractivity contribution >= 4 is 10.0 Å². The smallest absolute Gasteiger partial charge is 0.217 e. The minimum atomic E-state index is -3.47. The van der Waals surface area contributed by atoms with Crippen LogP contribution in [-0.4, -0.2) is 30.9 Å². The summed E-state index contributed by atoms with van der Waals surface area (Å²) in [6, 6.07) is -0.603. The van der Waals surface area contributed by atoms with Gasteiger partial charge in [-0.05, 0) is 33.1 Å². The molecule has 2 unspecified atom stereocenters. The normalized spacial score (nSPS) is 16.6. The van der Waals surface area contributed by atoms with Gasteiger partial charge in [0.05, 0.1) is 17.4 Å². The summed E-state index contributed by atoms with van der Waals surface area (Å²) in [6.07, 6.45) is 0.868. The van der Waals surface area contributed by atoms with Crippen molar-refractivity contribution in [3.8, 4) is 0 Å². The van der Waals surface area contributed by atoms with Crippen molar-refractivity contribution in [3.05, 3.63) is 12.2 Å². The quantitative estimate of drug-likeness (QED) is 0.716. The first kappa shape index (κ1) is 16.6. The fourth-order valence-corrected chi connectivity index (χ4v) is 2.15. The zero-order valence-electron chi connectivity index (χ0n) is 11.4. The monoisotopic (exact) mass is 263 g/mol. The van der Waals surface area contributed by atoms with Gasteiger partial charge >= 0.3 is 0 Å². The molecule has 0 spiro atoms. The molecule has 0 saturated heterocycles. The molecule has 0 bridgehead atoms. The topological polar surface area (TPSA) is 66.4 Å². The van der Waals surface area contributed by atoms with Gasteiger partial charge in [-0.1, -0.05) is 26.0 Å². The number of nitrogens with one attached hydrogen (secondary N) is 1. The average molecular weight is 263 g/mol. The SMILES string of the molecule is C=C(C(C)CC)C(CO)NS(=O)(=O)C(C)(C)C. The summed E-state index contributed by atoms with van der Waals surface area (Å²) in [7, 11) is -3.47. The van der Waals surface area contributed by atoms with Crippen LogP contribution >= 0.6 is 0 Å². The van der Waals surface area contributed by atoms with Crippen LogP contribution in [0.4, 0.5) is 0 Å². The standard InChI is InChI=1S/C12H25NO3S/c1-7-9(2)10(3)11(8-14)13-17(15,16)12(4,5)6/h9,11,13-14H,3,7-8H2,1-2,4-6H3. The first-order valence-electron chi connectivity index (χ1n) is 5.88. The molecule has 0 aromatic rings. The largest absolute Gasteiger partial charge is 0.394 e. The number of hydrogen-bond acceptors (Lipinski definition) is 3. The van der Waals surface area contributed by atoms with E-state index in [1.165, 1.54) is 0 Å². The van der Waals surface area contributed by atoms with E-state index in [-0.39, 0.29) is 12.5 Å². The Labute approximate surface area is 105 Å². The first-order chi connectivity index (χ1) is 7.56. The number of rotatable bonds is 6. The zero-order valence-corrected chi connectivity index (χ0v) is 12.3. The predicted octanol–water partition coefficient (Wildman–Crippen LogP) is 1.67. The Morgan fingerprint density at radius 3 is 2.18 bits per heavy atom. The van der Waals surface area contributed by atoms with Gasteiger partial charge in [0, 0.05) is 0 Å². The van der Waals surface area contributed by atoms with Gasteiger partial charge in [-0.15, -0.1) is 0 Å². The molecule has 0 aromatic heterocycles. The molecule has 0 saturated carbocycles. The summed E-state index contributed by atoms with van der Waals surface area (Å²) in [4.78, 5) is 0. The molecule has 0 aliphatic carbocycles. The predicted molar refractivity (Wildman–Crippen MR) is 71.3 cm³/mol. The fourth-order valence-electron chi connectivity index (χ4n) is 1.20. The lowest BCUT2D eigenvalue weighted by Crippen LogP contribution is -2.47. The molecule has 102 valence electrons. The van der Waals surface area contributed by atoms with Gasteiger partial charge in [-0.3, -0.25) is 0 Å². The zero-order chi connectivity index (χ0) is 13.9.